The first-order valence-corrected chi connectivity index (χ1v) is 12.6. The van der Waals surface area contributed by atoms with Gasteiger partial charge in [-0.3, -0.25) is 14.3 Å². The summed E-state index contributed by atoms with van der Waals surface area (Å²) in [4.78, 5) is 25.2. The first-order chi connectivity index (χ1) is 15.8. The van der Waals surface area contributed by atoms with Crippen LogP contribution in [0.1, 0.15) is 45.0 Å². The van der Waals surface area contributed by atoms with Gasteiger partial charge in [0.2, 0.25) is 21.8 Å². The van der Waals surface area contributed by atoms with Crippen molar-refractivity contribution in [2.75, 3.05) is 18.4 Å². The van der Waals surface area contributed by atoms with E-state index in [1.807, 2.05) is 20.8 Å². The number of amides is 2. The van der Waals surface area contributed by atoms with Gasteiger partial charge in [0.05, 0.1) is 17.3 Å². The van der Waals surface area contributed by atoms with E-state index in [0.29, 0.717) is 29.9 Å². The normalized spacial score (nSPS) is 17.4. The zero-order chi connectivity index (χ0) is 25.3. The van der Waals surface area contributed by atoms with Gasteiger partial charge in [0.1, 0.15) is 17.3 Å². The maximum absolute atomic E-state index is 13.5. The van der Waals surface area contributed by atoms with Crippen molar-refractivity contribution < 1.29 is 22.4 Å². The van der Waals surface area contributed by atoms with Crippen molar-refractivity contribution in [2.24, 2.45) is 5.92 Å². The van der Waals surface area contributed by atoms with E-state index in [1.165, 1.54) is 33.3 Å². The van der Waals surface area contributed by atoms with Crippen LogP contribution in [0.25, 0.3) is 0 Å². The summed E-state index contributed by atoms with van der Waals surface area (Å²) in [6, 6.07) is 5.42. The molecular formula is C23H32FN5O4S. The maximum atomic E-state index is 13.5. The number of hydrogen-bond donors (Lipinski definition) is 2. The monoisotopic (exact) mass is 493 g/mol. The fourth-order valence-electron chi connectivity index (χ4n) is 4.08. The van der Waals surface area contributed by atoms with Gasteiger partial charge in [0.15, 0.2) is 0 Å². The number of halogens is 1. The van der Waals surface area contributed by atoms with Crippen LogP contribution in [0.2, 0.25) is 0 Å². The first-order valence-electron chi connectivity index (χ1n) is 11.2. The zero-order valence-electron chi connectivity index (χ0n) is 20.2. The number of aryl methyl sites for hydroxylation is 1. The molecule has 0 saturated carbocycles. The van der Waals surface area contributed by atoms with Crippen LogP contribution in [-0.2, 0) is 26.2 Å². The van der Waals surface area contributed by atoms with Crippen molar-refractivity contribution in [3.63, 3.8) is 0 Å². The highest BCUT2D eigenvalue weighted by molar-refractivity contribution is 7.89. The number of piperidine rings is 1. The van der Waals surface area contributed by atoms with Crippen LogP contribution < -0.4 is 10.6 Å². The molecule has 0 aliphatic carbocycles. The molecule has 34 heavy (non-hydrogen) atoms. The number of benzene rings is 1. The van der Waals surface area contributed by atoms with Crippen molar-refractivity contribution in [1.29, 1.82) is 0 Å². The van der Waals surface area contributed by atoms with Crippen molar-refractivity contribution >= 4 is 27.5 Å². The smallest absolute Gasteiger partial charge is 0.246 e. The lowest BCUT2D eigenvalue weighted by molar-refractivity contribution is -0.123. The Morgan fingerprint density at radius 2 is 1.82 bits per heavy atom. The topological polar surface area (TPSA) is 113 Å². The van der Waals surface area contributed by atoms with Crippen molar-refractivity contribution in [2.45, 2.75) is 64.4 Å². The summed E-state index contributed by atoms with van der Waals surface area (Å²) in [6.07, 6.45) is 1.07. The molecule has 2 heterocycles. The number of rotatable bonds is 6. The zero-order valence-corrected chi connectivity index (χ0v) is 21.0. The summed E-state index contributed by atoms with van der Waals surface area (Å²) in [7, 11) is -3.93. The summed E-state index contributed by atoms with van der Waals surface area (Å²) >= 11 is 0. The average Bonchev–Trinajstić information content (AvgIpc) is 3.01. The Kier molecular flexibility index (Phi) is 7.47. The first kappa shape index (κ1) is 25.8. The second kappa shape index (κ2) is 9.83. The third-order valence-electron chi connectivity index (χ3n) is 5.59. The van der Waals surface area contributed by atoms with E-state index >= 15 is 0 Å². The van der Waals surface area contributed by atoms with Crippen LogP contribution in [0.5, 0.6) is 0 Å². The molecule has 1 aliphatic rings. The molecule has 1 saturated heterocycles. The standard InChI is InChI=1S/C23H32FN5O4S/c1-15-21(16(2)29(27-15)14-20(30)26-23(3,4)5)34(32,33)28-12-6-7-17(13-28)22(31)25-19-10-8-18(24)9-11-19/h8-11,17H,6-7,12-14H2,1-5H3,(H,25,31)(H,26,30)/t17-/m1/s1. The number of hydrogen-bond acceptors (Lipinski definition) is 5. The number of nitrogens with one attached hydrogen (secondary N) is 2. The van der Waals surface area contributed by atoms with E-state index in [9.17, 15) is 22.4 Å². The molecule has 186 valence electrons. The molecule has 2 aromatic rings. The third kappa shape index (κ3) is 6.01. The number of anilines is 1. The Bertz CT molecular complexity index is 1170. The SMILES string of the molecule is Cc1nn(CC(=O)NC(C)(C)C)c(C)c1S(=O)(=O)N1CCC[C@@H](C(=O)Nc2ccc(F)cc2)C1. The molecule has 1 atom stereocenters. The van der Waals surface area contributed by atoms with Crippen LogP contribution >= 0.6 is 0 Å². The van der Waals surface area contributed by atoms with E-state index in [0.717, 1.165) is 0 Å². The Morgan fingerprint density at radius 3 is 2.44 bits per heavy atom. The van der Waals surface area contributed by atoms with Gasteiger partial charge in [-0.15, -0.1) is 0 Å². The minimum atomic E-state index is -3.93. The highest BCUT2D eigenvalue weighted by Gasteiger charge is 2.36. The molecule has 1 aromatic heterocycles. The van der Waals surface area contributed by atoms with Gasteiger partial charge < -0.3 is 10.6 Å². The Labute approximate surface area is 199 Å². The predicted molar refractivity (Wildman–Crippen MR) is 126 cm³/mol. The fraction of sp³-hybridized carbons (Fsp3) is 0.522. The lowest BCUT2D eigenvalue weighted by Crippen LogP contribution is -2.44. The van der Waals surface area contributed by atoms with Gasteiger partial charge in [-0.1, -0.05) is 0 Å². The summed E-state index contributed by atoms with van der Waals surface area (Å²) in [6.45, 7) is 9.03. The molecule has 0 spiro atoms. The fourth-order valence-corrected chi connectivity index (χ4v) is 5.98. The van der Waals surface area contributed by atoms with E-state index < -0.39 is 27.3 Å². The van der Waals surface area contributed by atoms with Crippen LogP contribution in [0.4, 0.5) is 10.1 Å². The molecule has 3 rings (SSSR count). The van der Waals surface area contributed by atoms with Crippen molar-refractivity contribution in [1.82, 2.24) is 19.4 Å². The summed E-state index contributed by atoms with van der Waals surface area (Å²) < 4.78 is 42.9. The van der Waals surface area contributed by atoms with E-state index in [1.54, 1.807) is 13.8 Å². The molecule has 1 fully saturated rings. The van der Waals surface area contributed by atoms with Crippen molar-refractivity contribution in [3.05, 3.63) is 41.5 Å². The minimum absolute atomic E-state index is 0.0317. The number of aromatic nitrogens is 2. The van der Waals surface area contributed by atoms with Gasteiger partial charge in [0, 0.05) is 24.3 Å². The molecular weight excluding hydrogens is 461 g/mol. The number of sulfonamides is 1. The highest BCUT2D eigenvalue weighted by atomic mass is 32.2. The Hall–Kier alpha value is -2.79. The largest absolute Gasteiger partial charge is 0.350 e. The van der Waals surface area contributed by atoms with Crippen LogP contribution in [0.3, 0.4) is 0 Å². The molecule has 2 N–H and O–H groups in total. The number of carbonyl (C=O) groups is 2. The second-order valence-corrected chi connectivity index (χ2v) is 11.5. The van der Waals surface area contributed by atoms with Crippen LogP contribution in [0, 0.1) is 25.6 Å². The summed E-state index contributed by atoms with van der Waals surface area (Å²) in [5.74, 6) is -1.52. The van der Waals surface area contributed by atoms with E-state index in [-0.39, 0.29) is 36.3 Å². The molecule has 2 amide bonds. The molecule has 0 radical (unpaired) electrons. The molecule has 11 heteroatoms. The Balaban J connectivity index is 1.76. The van der Waals surface area contributed by atoms with Gasteiger partial charge >= 0.3 is 0 Å². The maximum Gasteiger partial charge on any atom is 0.246 e. The summed E-state index contributed by atoms with van der Waals surface area (Å²) in [5.41, 5.74) is 0.714. The highest BCUT2D eigenvalue weighted by Crippen LogP contribution is 2.28. The predicted octanol–water partition coefficient (Wildman–Crippen LogP) is 2.59. The lowest BCUT2D eigenvalue weighted by Gasteiger charge is -2.31. The second-order valence-electron chi connectivity index (χ2n) is 9.65. The summed E-state index contributed by atoms with van der Waals surface area (Å²) in [5, 5.41) is 9.87. The molecule has 1 aliphatic heterocycles. The van der Waals surface area contributed by atoms with Crippen molar-refractivity contribution in [3.8, 4) is 0 Å². The van der Waals surface area contributed by atoms with Crippen LogP contribution in [-0.4, -0.2) is 52.9 Å². The minimum Gasteiger partial charge on any atom is -0.350 e. The lowest BCUT2D eigenvalue weighted by atomic mass is 9.99. The number of nitrogens with zero attached hydrogens (tertiary/aromatic N) is 3. The Morgan fingerprint density at radius 1 is 1.18 bits per heavy atom. The third-order valence-corrected chi connectivity index (χ3v) is 7.71. The molecule has 0 bridgehead atoms. The quantitative estimate of drug-likeness (QED) is 0.642. The van der Waals surface area contributed by atoms with Crippen LogP contribution in [0.15, 0.2) is 29.2 Å². The van der Waals surface area contributed by atoms with Gasteiger partial charge in [0.25, 0.3) is 0 Å². The molecule has 9 nitrogen and oxygen atoms in total. The van der Waals surface area contributed by atoms with Gasteiger partial charge in [-0.05, 0) is 71.7 Å². The van der Waals surface area contributed by atoms with Gasteiger partial charge in [-0.2, -0.15) is 9.40 Å². The van der Waals surface area contributed by atoms with E-state index in [2.05, 4.69) is 15.7 Å². The molecule has 1 aromatic carbocycles. The van der Waals surface area contributed by atoms with Gasteiger partial charge in [-0.25, -0.2) is 12.8 Å². The number of carbonyl (C=O) groups excluding carboxylic acids is 2. The van der Waals surface area contributed by atoms with E-state index in [4.69, 9.17) is 0 Å². The average molecular weight is 494 g/mol. The molecule has 0 unspecified atom stereocenters.